The number of Topliss-reactive ketones (excluding diaryl/α,β-unsaturated/α-hetero) is 1. The summed E-state index contributed by atoms with van der Waals surface area (Å²) in [6, 6.07) is 0. The Labute approximate surface area is 83.4 Å². The van der Waals surface area contributed by atoms with Crippen LogP contribution < -0.4 is 0 Å². The van der Waals surface area contributed by atoms with Crippen LogP contribution in [0, 0.1) is 20.8 Å². The second-order valence-corrected chi connectivity index (χ2v) is 2.88. The third kappa shape index (κ3) is 2.73. The number of carbonyl (C=O) groups excluding carboxylic acids is 2. The van der Waals surface area contributed by atoms with E-state index in [2.05, 4.69) is 9.97 Å². The second-order valence-electron chi connectivity index (χ2n) is 2.88. The first-order valence-corrected chi connectivity index (χ1v) is 4.14. The number of aryl methyl sites for hydroxylation is 3. The van der Waals surface area contributed by atoms with Crippen LogP contribution in [0.2, 0.25) is 0 Å². The highest BCUT2D eigenvalue weighted by Crippen LogP contribution is 2.06. The molecular weight excluding hydrogens is 180 g/mol. The van der Waals surface area contributed by atoms with Crippen LogP contribution in [0.5, 0.6) is 0 Å². The third-order valence-electron chi connectivity index (χ3n) is 1.81. The zero-order valence-corrected chi connectivity index (χ0v) is 8.92. The van der Waals surface area contributed by atoms with Crippen LogP contribution in [0.3, 0.4) is 0 Å². The number of ketones is 1. The topological polar surface area (TPSA) is 59.9 Å². The molecule has 4 nitrogen and oxygen atoms in total. The Hall–Kier alpha value is -1.58. The number of hydrogen-bond acceptors (Lipinski definition) is 4. The molecule has 1 aromatic rings. The number of aromatic nitrogens is 2. The van der Waals surface area contributed by atoms with Crippen molar-refractivity contribution in [3.63, 3.8) is 0 Å². The lowest BCUT2D eigenvalue weighted by molar-refractivity contribution is -0.0979. The Morgan fingerprint density at radius 1 is 1.00 bits per heavy atom. The van der Waals surface area contributed by atoms with Crippen molar-refractivity contribution in [2.75, 3.05) is 0 Å². The largest absolute Gasteiger partial charge is 0.307 e. The average molecular weight is 194 g/mol. The molecule has 0 N–H and O–H groups in total. The molecule has 0 saturated heterocycles. The van der Waals surface area contributed by atoms with Gasteiger partial charge in [-0.05, 0) is 20.8 Å². The Morgan fingerprint density at radius 2 is 1.43 bits per heavy atom. The maximum Gasteiger partial charge on any atom is 0.179 e. The summed E-state index contributed by atoms with van der Waals surface area (Å²) < 4.78 is 0. The number of nitrogens with zero attached hydrogens (tertiary/aromatic N) is 2. The summed E-state index contributed by atoms with van der Waals surface area (Å²) in [6.07, 6.45) is 0. The molecule has 4 heteroatoms. The fourth-order valence-electron chi connectivity index (χ4n) is 1.05. The van der Waals surface area contributed by atoms with Gasteiger partial charge in [0.2, 0.25) is 0 Å². The minimum Gasteiger partial charge on any atom is -0.307 e. The highest BCUT2D eigenvalue weighted by molar-refractivity contribution is 5.93. The van der Waals surface area contributed by atoms with Crippen molar-refractivity contribution in [1.29, 1.82) is 0 Å². The van der Waals surface area contributed by atoms with Gasteiger partial charge < -0.3 is 4.79 Å². The molecule has 1 rings (SSSR count). The van der Waals surface area contributed by atoms with Crippen molar-refractivity contribution < 1.29 is 9.59 Å². The summed E-state index contributed by atoms with van der Waals surface area (Å²) in [7, 11) is 0. The second kappa shape index (κ2) is 5.21. The van der Waals surface area contributed by atoms with Crippen LogP contribution in [0.25, 0.3) is 0 Å². The molecule has 0 atom stereocenters. The molecule has 14 heavy (non-hydrogen) atoms. The van der Waals surface area contributed by atoms with Crippen LogP contribution in [0.1, 0.15) is 34.5 Å². The van der Waals surface area contributed by atoms with E-state index in [-0.39, 0.29) is 5.78 Å². The summed E-state index contributed by atoms with van der Waals surface area (Å²) in [4.78, 5) is 27.4. The van der Waals surface area contributed by atoms with Gasteiger partial charge in [0.25, 0.3) is 0 Å². The van der Waals surface area contributed by atoms with Gasteiger partial charge in [0.1, 0.15) is 12.5 Å². The molecule has 0 bridgehead atoms. The molecule has 0 radical (unpaired) electrons. The van der Waals surface area contributed by atoms with E-state index >= 15 is 0 Å². The lowest BCUT2D eigenvalue weighted by Crippen LogP contribution is -2.06. The molecule has 0 saturated carbocycles. The Morgan fingerprint density at radius 3 is 1.86 bits per heavy atom. The van der Waals surface area contributed by atoms with Gasteiger partial charge in [0.05, 0.1) is 17.1 Å². The fraction of sp³-hybridized carbons (Fsp3) is 0.400. The predicted octanol–water partition coefficient (Wildman–Crippen LogP) is 1.42. The molecule has 0 spiro atoms. The van der Waals surface area contributed by atoms with Crippen molar-refractivity contribution in [1.82, 2.24) is 9.97 Å². The monoisotopic (exact) mass is 194 g/mol. The minimum absolute atomic E-state index is 0.0249. The lowest BCUT2D eigenvalue weighted by Gasteiger charge is -2.03. The van der Waals surface area contributed by atoms with Gasteiger partial charge in [0, 0.05) is 6.92 Å². The van der Waals surface area contributed by atoms with E-state index in [0.29, 0.717) is 11.4 Å². The average Bonchev–Trinajstić information content (AvgIpc) is 2.14. The molecule has 0 aliphatic rings. The van der Waals surface area contributed by atoms with E-state index < -0.39 is 0 Å². The first-order valence-electron chi connectivity index (χ1n) is 4.14. The van der Waals surface area contributed by atoms with E-state index in [1.54, 1.807) is 6.92 Å². The van der Waals surface area contributed by atoms with Gasteiger partial charge in [-0.1, -0.05) is 0 Å². The smallest absolute Gasteiger partial charge is 0.179 e. The molecule has 0 aliphatic carbocycles. The maximum absolute atomic E-state index is 11.0. The minimum atomic E-state index is -0.0249. The molecule has 0 unspecified atom stereocenters. The molecule has 0 fully saturated rings. The van der Waals surface area contributed by atoms with Crippen LogP contribution in [-0.2, 0) is 4.79 Å². The fourth-order valence-corrected chi connectivity index (χ4v) is 1.05. The molecule has 1 aromatic heterocycles. The highest BCUT2D eigenvalue weighted by atomic mass is 16.1. The maximum atomic E-state index is 11.0. The summed E-state index contributed by atoms with van der Waals surface area (Å²) in [6.45, 7) is 9.05. The van der Waals surface area contributed by atoms with Gasteiger partial charge in [-0.2, -0.15) is 0 Å². The predicted molar refractivity (Wildman–Crippen MR) is 53.4 cm³/mol. The molecular formula is C10H14N2O2. The van der Waals surface area contributed by atoms with Gasteiger partial charge >= 0.3 is 0 Å². The van der Waals surface area contributed by atoms with Crippen molar-refractivity contribution in [2.45, 2.75) is 27.7 Å². The van der Waals surface area contributed by atoms with E-state index in [1.165, 1.54) is 6.92 Å². The van der Waals surface area contributed by atoms with Crippen LogP contribution in [0.15, 0.2) is 0 Å². The van der Waals surface area contributed by atoms with Gasteiger partial charge in [-0.3, -0.25) is 9.78 Å². The van der Waals surface area contributed by atoms with Crippen molar-refractivity contribution in [3.8, 4) is 0 Å². The van der Waals surface area contributed by atoms with Crippen molar-refractivity contribution in [3.05, 3.63) is 22.8 Å². The van der Waals surface area contributed by atoms with Gasteiger partial charge in [0.15, 0.2) is 5.78 Å². The molecule has 0 aliphatic heterocycles. The van der Waals surface area contributed by atoms with E-state index in [0.717, 1.165) is 11.4 Å². The van der Waals surface area contributed by atoms with Gasteiger partial charge in [-0.25, -0.2) is 4.98 Å². The van der Waals surface area contributed by atoms with Crippen LogP contribution >= 0.6 is 0 Å². The molecule has 0 amide bonds. The van der Waals surface area contributed by atoms with Crippen molar-refractivity contribution in [2.24, 2.45) is 0 Å². The first-order chi connectivity index (χ1) is 6.52. The normalized spacial score (nSPS) is 8.86. The highest BCUT2D eigenvalue weighted by Gasteiger charge is 2.08. The SMILES string of the molecule is C=O.CC(=O)c1nc(C)c(C)nc1C. The van der Waals surface area contributed by atoms with E-state index in [9.17, 15) is 4.79 Å². The number of rotatable bonds is 1. The standard InChI is InChI=1S/C9H12N2O.CH2O/c1-5-6(2)11-9(8(4)12)7(3)10-5;1-2/h1-4H3;1H2. The first kappa shape index (κ1) is 12.4. The van der Waals surface area contributed by atoms with E-state index in [4.69, 9.17) is 4.79 Å². The Bertz CT molecular complexity index is 348. The van der Waals surface area contributed by atoms with Gasteiger partial charge in [-0.15, -0.1) is 0 Å². The third-order valence-corrected chi connectivity index (χ3v) is 1.81. The molecule has 1 heterocycles. The van der Waals surface area contributed by atoms with Crippen molar-refractivity contribution >= 4 is 12.6 Å². The van der Waals surface area contributed by atoms with E-state index in [1.807, 2.05) is 20.6 Å². The summed E-state index contributed by atoms with van der Waals surface area (Å²) >= 11 is 0. The Balaban J connectivity index is 0.000000791. The van der Waals surface area contributed by atoms with Crippen LogP contribution in [0.4, 0.5) is 0 Å². The molecule has 76 valence electrons. The zero-order valence-electron chi connectivity index (χ0n) is 8.92. The quantitative estimate of drug-likeness (QED) is 0.634. The Kier molecular flexibility index (Phi) is 4.63. The molecule has 0 aromatic carbocycles. The summed E-state index contributed by atoms with van der Waals surface area (Å²) in [5.41, 5.74) is 2.91. The lowest BCUT2D eigenvalue weighted by atomic mass is 10.2. The summed E-state index contributed by atoms with van der Waals surface area (Å²) in [5, 5.41) is 0. The van der Waals surface area contributed by atoms with Crippen LogP contribution in [-0.4, -0.2) is 22.5 Å². The summed E-state index contributed by atoms with van der Waals surface area (Å²) in [5.74, 6) is -0.0249. The number of hydrogen-bond donors (Lipinski definition) is 0. The number of carbonyl (C=O) groups is 2. The zero-order chi connectivity index (χ0) is 11.3.